The van der Waals surface area contributed by atoms with Gasteiger partial charge in [0.2, 0.25) is 0 Å². The molecule has 0 radical (unpaired) electrons. The predicted octanol–water partition coefficient (Wildman–Crippen LogP) is 2.54. The van der Waals surface area contributed by atoms with Crippen LogP contribution in [0.5, 0.6) is 5.75 Å². The first-order valence-electron chi connectivity index (χ1n) is 4.94. The minimum Gasteiger partial charge on any atom is -0.490 e. The maximum absolute atomic E-state index is 11.7. The zero-order chi connectivity index (χ0) is 12.8. The molecule has 0 saturated carbocycles. The van der Waals surface area contributed by atoms with Crippen molar-refractivity contribution in [2.24, 2.45) is 0 Å². The fourth-order valence-corrected chi connectivity index (χ4v) is 1.73. The van der Waals surface area contributed by atoms with Gasteiger partial charge in [0.1, 0.15) is 0 Å². The molecule has 0 aliphatic rings. The number of nitro benzene ring substituents is 1. The SMILES string of the molecule is COc1cc(C(=O)CCSC)ccc1[N+](=O)[O-]. The standard InChI is InChI=1S/C11H13NO4S/c1-16-11-7-8(10(13)5-6-17-2)3-4-9(11)12(14)15/h3-4,7H,5-6H2,1-2H3. The lowest BCUT2D eigenvalue weighted by Gasteiger charge is -2.04. The second-order valence-electron chi connectivity index (χ2n) is 3.31. The van der Waals surface area contributed by atoms with Gasteiger partial charge >= 0.3 is 5.69 Å². The number of nitro groups is 1. The van der Waals surface area contributed by atoms with Crippen LogP contribution in [0.25, 0.3) is 0 Å². The minimum absolute atomic E-state index is 0.0347. The largest absolute Gasteiger partial charge is 0.490 e. The van der Waals surface area contributed by atoms with Crippen molar-refractivity contribution in [3.63, 3.8) is 0 Å². The van der Waals surface area contributed by atoms with E-state index in [0.29, 0.717) is 12.0 Å². The molecule has 1 aromatic rings. The summed E-state index contributed by atoms with van der Waals surface area (Å²) in [5, 5.41) is 10.7. The van der Waals surface area contributed by atoms with Gasteiger partial charge in [0.25, 0.3) is 0 Å². The van der Waals surface area contributed by atoms with E-state index in [1.165, 1.54) is 25.3 Å². The third-order valence-electron chi connectivity index (χ3n) is 2.23. The fourth-order valence-electron chi connectivity index (χ4n) is 1.34. The van der Waals surface area contributed by atoms with Crippen LogP contribution in [0.3, 0.4) is 0 Å². The summed E-state index contributed by atoms with van der Waals surface area (Å²) in [4.78, 5) is 21.9. The Bertz CT molecular complexity index is 433. The molecular weight excluding hydrogens is 242 g/mol. The van der Waals surface area contributed by atoms with E-state index in [0.717, 1.165) is 5.75 Å². The molecule has 0 bridgehead atoms. The van der Waals surface area contributed by atoms with Crippen LogP contribution in [0.15, 0.2) is 18.2 Å². The van der Waals surface area contributed by atoms with Gasteiger partial charge < -0.3 is 4.74 Å². The van der Waals surface area contributed by atoms with Crippen molar-refractivity contribution in [1.82, 2.24) is 0 Å². The van der Waals surface area contributed by atoms with Crippen LogP contribution < -0.4 is 4.74 Å². The van der Waals surface area contributed by atoms with Crippen LogP contribution in [0.2, 0.25) is 0 Å². The number of ketones is 1. The summed E-state index contributed by atoms with van der Waals surface area (Å²) in [7, 11) is 1.35. The molecule has 17 heavy (non-hydrogen) atoms. The molecule has 1 aromatic carbocycles. The molecule has 0 saturated heterocycles. The van der Waals surface area contributed by atoms with Crippen LogP contribution in [0.4, 0.5) is 5.69 Å². The van der Waals surface area contributed by atoms with Gasteiger partial charge in [-0.15, -0.1) is 0 Å². The first-order valence-corrected chi connectivity index (χ1v) is 6.34. The molecule has 0 N–H and O–H groups in total. The van der Waals surface area contributed by atoms with E-state index in [1.54, 1.807) is 11.8 Å². The van der Waals surface area contributed by atoms with Crippen LogP contribution in [0, 0.1) is 10.1 Å². The van der Waals surface area contributed by atoms with Gasteiger partial charge in [0, 0.05) is 23.8 Å². The predicted molar refractivity (Wildman–Crippen MR) is 67.0 cm³/mol. The highest BCUT2D eigenvalue weighted by Crippen LogP contribution is 2.28. The number of hydrogen-bond donors (Lipinski definition) is 0. The topological polar surface area (TPSA) is 69.4 Å². The second kappa shape index (κ2) is 6.24. The van der Waals surface area contributed by atoms with Gasteiger partial charge in [-0.2, -0.15) is 11.8 Å². The van der Waals surface area contributed by atoms with Gasteiger partial charge in [0.05, 0.1) is 12.0 Å². The molecule has 0 atom stereocenters. The molecule has 1 rings (SSSR count). The number of rotatable bonds is 6. The number of methoxy groups -OCH3 is 1. The molecule has 0 spiro atoms. The number of ether oxygens (including phenoxy) is 1. The van der Waals surface area contributed by atoms with Crippen LogP contribution in [0.1, 0.15) is 16.8 Å². The van der Waals surface area contributed by atoms with Crippen LogP contribution in [-0.2, 0) is 0 Å². The summed E-state index contributed by atoms with van der Waals surface area (Å²) in [6.45, 7) is 0. The minimum atomic E-state index is -0.533. The van der Waals surface area contributed by atoms with Crippen LogP contribution >= 0.6 is 11.8 Å². The van der Waals surface area contributed by atoms with Gasteiger partial charge in [0.15, 0.2) is 11.5 Å². The summed E-state index contributed by atoms with van der Waals surface area (Å²) >= 11 is 1.58. The van der Waals surface area contributed by atoms with Gasteiger partial charge in [-0.1, -0.05) is 0 Å². The van der Waals surface area contributed by atoms with Crippen molar-refractivity contribution < 1.29 is 14.5 Å². The lowest BCUT2D eigenvalue weighted by molar-refractivity contribution is -0.385. The Morgan fingerprint density at radius 1 is 1.53 bits per heavy atom. The third-order valence-corrected chi connectivity index (χ3v) is 2.84. The first kappa shape index (κ1) is 13.5. The zero-order valence-electron chi connectivity index (χ0n) is 9.63. The number of thioether (sulfide) groups is 1. The Morgan fingerprint density at radius 3 is 2.76 bits per heavy atom. The van der Waals surface area contributed by atoms with Crippen LogP contribution in [-0.4, -0.2) is 29.8 Å². The summed E-state index contributed by atoms with van der Waals surface area (Å²) in [5.41, 5.74) is 0.315. The Morgan fingerprint density at radius 2 is 2.24 bits per heavy atom. The van der Waals surface area contributed by atoms with Crippen molar-refractivity contribution in [2.45, 2.75) is 6.42 Å². The lowest BCUT2D eigenvalue weighted by Crippen LogP contribution is -2.02. The number of carbonyl (C=O) groups excluding carboxylic acids is 1. The molecule has 0 aliphatic heterocycles. The summed E-state index contributed by atoms with van der Waals surface area (Å²) < 4.78 is 4.90. The quantitative estimate of drug-likeness (QED) is 0.444. The molecule has 0 heterocycles. The van der Waals surface area contributed by atoms with Gasteiger partial charge in [-0.05, 0) is 18.4 Å². The maximum atomic E-state index is 11.7. The maximum Gasteiger partial charge on any atom is 0.310 e. The van der Waals surface area contributed by atoms with E-state index in [2.05, 4.69) is 0 Å². The highest BCUT2D eigenvalue weighted by atomic mass is 32.2. The molecule has 6 heteroatoms. The van der Waals surface area contributed by atoms with Crippen molar-refractivity contribution in [1.29, 1.82) is 0 Å². The highest BCUT2D eigenvalue weighted by Gasteiger charge is 2.16. The van der Waals surface area contributed by atoms with E-state index in [4.69, 9.17) is 4.74 Å². The Kier molecular flexibility index (Phi) is 4.96. The van der Waals surface area contributed by atoms with Crippen molar-refractivity contribution >= 4 is 23.2 Å². The normalized spacial score (nSPS) is 10.0. The Labute approximate surface area is 103 Å². The summed E-state index contributed by atoms with van der Waals surface area (Å²) in [6, 6.07) is 4.18. The number of benzene rings is 1. The molecule has 0 aliphatic carbocycles. The molecule has 92 valence electrons. The average molecular weight is 255 g/mol. The average Bonchev–Trinajstić information content (AvgIpc) is 2.34. The molecule has 0 unspecified atom stereocenters. The van der Waals surface area contributed by atoms with E-state index in [9.17, 15) is 14.9 Å². The van der Waals surface area contributed by atoms with E-state index in [1.807, 2.05) is 6.26 Å². The Hall–Kier alpha value is -1.56. The molecule has 0 amide bonds. The zero-order valence-corrected chi connectivity index (χ0v) is 10.5. The van der Waals surface area contributed by atoms with E-state index in [-0.39, 0.29) is 17.2 Å². The van der Waals surface area contributed by atoms with E-state index < -0.39 is 4.92 Å². The third kappa shape index (κ3) is 3.45. The van der Waals surface area contributed by atoms with E-state index >= 15 is 0 Å². The summed E-state index contributed by atoms with van der Waals surface area (Å²) in [6.07, 6.45) is 2.34. The van der Waals surface area contributed by atoms with Gasteiger partial charge in [-0.25, -0.2) is 0 Å². The summed E-state index contributed by atoms with van der Waals surface area (Å²) in [5.74, 6) is 0.815. The highest BCUT2D eigenvalue weighted by molar-refractivity contribution is 7.98. The van der Waals surface area contributed by atoms with Gasteiger partial charge in [-0.3, -0.25) is 14.9 Å². The first-order chi connectivity index (χ1) is 8.10. The molecule has 0 aromatic heterocycles. The number of hydrogen-bond acceptors (Lipinski definition) is 5. The van der Waals surface area contributed by atoms with Crippen molar-refractivity contribution in [2.75, 3.05) is 19.1 Å². The molecule has 0 fully saturated rings. The second-order valence-corrected chi connectivity index (χ2v) is 4.30. The number of carbonyl (C=O) groups is 1. The molecular formula is C11H13NO4S. The Balaban J connectivity index is 2.97. The lowest BCUT2D eigenvalue weighted by atomic mass is 10.1. The number of nitrogens with zero attached hydrogens (tertiary/aromatic N) is 1. The van der Waals surface area contributed by atoms with Crippen molar-refractivity contribution in [3.05, 3.63) is 33.9 Å². The molecule has 5 nitrogen and oxygen atoms in total. The number of Topliss-reactive ketones (excluding diaryl/α,β-unsaturated/α-hetero) is 1. The fraction of sp³-hybridized carbons (Fsp3) is 0.364. The monoisotopic (exact) mass is 255 g/mol. The smallest absolute Gasteiger partial charge is 0.310 e. The van der Waals surface area contributed by atoms with Crippen molar-refractivity contribution in [3.8, 4) is 5.75 Å².